The Kier molecular flexibility index (Phi) is 7.26. The zero-order chi connectivity index (χ0) is 23.3. The second-order valence-electron chi connectivity index (χ2n) is 6.96. The zero-order valence-corrected chi connectivity index (χ0v) is 18.9. The van der Waals surface area contributed by atoms with Crippen LogP contribution in [-0.2, 0) is 9.59 Å². The van der Waals surface area contributed by atoms with E-state index < -0.39 is 10.8 Å². The van der Waals surface area contributed by atoms with E-state index in [1.165, 1.54) is 6.92 Å². The predicted octanol–water partition coefficient (Wildman–Crippen LogP) is 3.23. The maximum Gasteiger partial charge on any atom is 0.278 e. The molecule has 3 rings (SSSR count). The number of benzene rings is 2. The number of carbonyl (C=O) groups excluding carboxylic acids is 2. The van der Waals surface area contributed by atoms with E-state index in [-0.39, 0.29) is 22.7 Å². The molecule has 0 saturated carbocycles. The number of rotatable bonds is 7. The van der Waals surface area contributed by atoms with Gasteiger partial charge in [0.25, 0.3) is 5.56 Å². The molecule has 0 aliphatic rings. The van der Waals surface area contributed by atoms with E-state index >= 15 is 0 Å². The van der Waals surface area contributed by atoms with Gasteiger partial charge in [0.2, 0.25) is 11.8 Å². The smallest absolute Gasteiger partial charge is 0.278 e. The number of hydrogen-bond donors (Lipinski definition) is 3. The lowest BCUT2D eigenvalue weighted by molar-refractivity contribution is -0.115. The van der Waals surface area contributed by atoms with Crippen LogP contribution in [0.25, 0.3) is 11.3 Å². The highest BCUT2D eigenvalue weighted by molar-refractivity contribution is 8.00. The highest BCUT2D eigenvalue weighted by Gasteiger charge is 2.19. The average molecular weight is 454 g/mol. The summed E-state index contributed by atoms with van der Waals surface area (Å²) in [5.74, 6) is 0.181. The maximum absolute atomic E-state index is 12.7. The van der Waals surface area contributed by atoms with Crippen molar-refractivity contribution < 1.29 is 14.3 Å². The minimum absolute atomic E-state index is 0.0807. The molecule has 2 amide bonds. The number of nitrogens with zero attached hydrogens (tertiary/aromatic N) is 2. The molecule has 0 radical (unpaired) electrons. The first-order chi connectivity index (χ1) is 15.3. The number of aryl methyl sites for hydroxylation is 1. The van der Waals surface area contributed by atoms with Crippen molar-refractivity contribution in [2.75, 3.05) is 17.7 Å². The van der Waals surface area contributed by atoms with E-state index in [0.29, 0.717) is 22.7 Å². The third kappa shape index (κ3) is 5.52. The van der Waals surface area contributed by atoms with Gasteiger partial charge in [-0.3, -0.25) is 19.4 Å². The molecule has 1 heterocycles. The molecule has 3 aromatic rings. The Morgan fingerprint density at radius 1 is 1.09 bits per heavy atom. The van der Waals surface area contributed by atoms with Gasteiger partial charge in [0, 0.05) is 18.2 Å². The lowest BCUT2D eigenvalue weighted by Crippen LogP contribution is -2.23. The van der Waals surface area contributed by atoms with Crippen LogP contribution in [0.15, 0.2) is 52.4 Å². The Morgan fingerprint density at radius 2 is 1.81 bits per heavy atom. The van der Waals surface area contributed by atoms with Crippen LogP contribution >= 0.6 is 11.8 Å². The zero-order valence-electron chi connectivity index (χ0n) is 18.1. The summed E-state index contributed by atoms with van der Waals surface area (Å²) in [7, 11) is 1.57. The molecule has 0 spiro atoms. The Morgan fingerprint density at radius 3 is 2.44 bits per heavy atom. The average Bonchev–Trinajstić information content (AvgIpc) is 2.76. The van der Waals surface area contributed by atoms with Crippen LogP contribution in [-0.4, -0.2) is 39.4 Å². The van der Waals surface area contributed by atoms with Crippen molar-refractivity contribution in [2.24, 2.45) is 0 Å². The number of aromatic amines is 1. The van der Waals surface area contributed by atoms with Crippen LogP contribution in [0.5, 0.6) is 5.75 Å². The van der Waals surface area contributed by atoms with Gasteiger partial charge in [0.15, 0.2) is 10.9 Å². The van der Waals surface area contributed by atoms with Crippen molar-refractivity contribution in [1.82, 2.24) is 15.2 Å². The van der Waals surface area contributed by atoms with Gasteiger partial charge in [-0.1, -0.05) is 30.0 Å². The largest absolute Gasteiger partial charge is 0.497 e. The molecule has 1 unspecified atom stereocenters. The lowest BCUT2D eigenvalue weighted by Gasteiger charge is -2.13. The van der Waals surface area contributed by atoms with Crippen molar-refractivity contribution in [3.63, 3.8) is 0 Å². The van der Waals surface area contributed by atoms with Gasteiger partial charge in [-0.05, 0) is 43.7 Å². The molecule has 0 saturated heterocycles. The van der Waals surface area contributed by atoms with Gasteiger partial charge < -0.3 is 15.4 Å². The van der Waals surface area contributed by atoms with Crippen molar-refractivity contribution in [3.8, 4) is 17.0 Å². The van der Waals surface area contributed by atoms with Gasteiger partial charge >= 0.3 is 0 Å². The third-order valence-corrected chi connectivity index (χ3v) is 5.50. The van der Waals surface area contributed by atoms with Crippen LogP contribution in [0.1, 0.15) is 19.4 Å². The van der Waals surface area contributed by atoms with Gasteiger partial charge in [-0.2, -0.15) is 0 Å². The second kappa shape index (κ2) is 10.1. The van der Waals surface area contributed by atoms with Gasteiger partial charge in [0.05, 0.1) is 18.0 Å². The number of aromatic nitrogens is 3. The summed E-state index contributed by atoms with van der Waals surface area (Å²) in [6.07, 6.45) is 0. The number of thioether (sulfide) groups is 1. The molecule has 3 N–H and O–H groups in total. The Balaban J connectivity index is 1.75. The predicted molar refractivity (Wildman–Crippen MR) is 124 cm³/mol. The first-order valence-corrected chi connectivity index (χ1v) is 10.6. The molecule has 0 fully saturated rings. The summed E-state index contributed by atoms with van der Waals surface area (Å²) >= 11 is 1.08. The molecular weight excluding hydrogens is 430 g/mol. The molecule has 10 heteroatoms. The van der Waals surface area contributed by atoms with Gasteiger partial charge in [-0.15, -0.1) is 10.2 Å². The normalized spacial score (nSPS) is 11.5. The highest BCUT2D eigenvalue weighted by Crippen LogP contribution is 2.28. The molecular formula is C22H23N5O4S. The van der Waals surface area contributed by atoms with E-state index in [0.717, 1.165) is 17.3 Å². The maximum atomic E-state index is 12.7. The minimum Gasteiger partial charge on any atom is -0.497 e. The number of amides is 2. The van der Waals surface area contributed by atoms with Gasteiger partial charge in [-0.25, -0.2) is 0 Å². The number of H-pyrrole nitrogens is 1. The summed E-state index contributed by atoms with van der Waals surface area (Å²) in [6, 6.07) is 12.2. The summed E-state index contributed by atoms with van der Waals surface area (Å²) in [5, 5.41) is 13.3. The third-order valence-electron chi connectivity index (χ3n) is 4.52. The first-order valence-electron chi connectivity index (χ1n) is 9.74. The number of hydrogen-bond acceptors (Lipinski definition) is 7. The topological polar surface area (TPSA) is 126 Å². The standard InChI is InChI=1S/C22H23N5O4S/c1-12-6-5-7-17(18(12)23-14(3)28)19-21(30)25-22(27-26-19)32-13(2)20(29)24-15-8-10-16(31-4)11-9-15/h5-11,13H,1-4H3,(H,23,28)(H,24,29)(H,25,27,30). The van der Waals surface area contributed by atoms with Crippen LogP contribution in [0, 0.1) is 6.92 Å². The second-order valence-corrected chi connectivity index (χ2v) is 8.29. The molecule has 1 atom stereocenters. The summed E-state index contributed by atoms with van der Waals surface area (Å²) < 4.78 is 5.10. The number of methoxy groups -OCH3 is 1. The van der Waals surface area contributed by atoms with Gasteiger partial charge in [0.1, 0.15) is 5.75 Å². The van der Waals surface area contributed by atoms with Crippen LogP contribution < -0.4 is 20.9 Å². The van der Waals surface area contributed by atoms with E-state index in [1.54, 1.807) is 50.4 Å². The number of ether oxygens (including phenoxy) is 1. The SMILES string of the molecule is COc1ccc(NC(=O)C(C)Sc2nnc(-c3cccc(C)c3NC(C)=O)c(=O)[nH]2)cc1. The van der Waals surface area contributed by atoms with Crippen LogP contribution in [0.3, 0.4) is 0 Å². The highest BCUT2D eigenvalue weighted by atomic mass is 32.2. The fourth-order valence-electron chi connectivity index (χ4n) is 2.90. The molecule has 166 valence electrons. The van der Waals surface area contributed by atoms with Crippen LogP contribution in [0.4, 0.5) is 11.4 Å². The Bertz CT molecular complexity index is 1190. The van der Waals surface area contributed by atoms with E-state index in [1.807, 2.05) is 13.0 Å². The number of carbonyl (C=O) groups is 2. The fourth-order valence-corrected chi connectivity index (χ4v) is 3.64. The number of anilines is 2. The van der Waals surface area contributed by atoms with E-state index in [9.17, 15) is 14.4 Å². The molecule has 1 aromatic heterocycles. The Labute approximate surface area is 189 Å². The molecule has 2 aromatic carbocycles. The summed E-state index contributed by atoms with van der Waals surface area (Å²) in [5.41, 5.74) is 2.01. The van der Waals surface area contributed by atoms with E-state index in [2.05, 4.69) is 25.8 Å². The molecule has 0 bridgehead atoms. The monoisotopic (exact) mass is 453 g/mol. The molecule has 32 heavy (non-hydrogen) atoms. The number of nitrogens with one attached hydrogen (secondary N) is 3. The summed E-state index contributed by atoms with van der Waals surface area (Å²) in [6.45, 7) is 4.92. The lowest BCUT2D eigenvalue weighted by atomic mass is 10.1. The quantitative estimate of drug-likeness (QED) is 0.469. The fraction of sp³-hybridized carbons (Fsp3) is 0.227. The minimum atomic E-state index is -0.540. The Hall–Kier alpha value is -3.66. The summed E-state index contributed by atoms with van der Waals surface area (Å²) in [4.78, 5) is 39.4. The van der Waals surface area contributed by atoms with E-state index in [4.69, 9.17) is 4.74 Å². The van der Waals surface area contributed by atoms with Crippen molar-refractivity contribution in [2.45, 2.75) is 31.2 Å². The van der Waals surface area contributed by atoms with Crippen molar-refractivity contribution in [3.05, 3.63) is 58.4 Å². The first kappa shape index (κ1) is 23.0. The van der Waals surface area contributed by atoms with Crippen molar-refractivity contribution in [1.29, 1.82) is 0 Å². The van der Waals surface area contributed by atoms with Crippen molar-refractivity contribution >= 4 is 35.0 Å². The molecule has 9 nitrogen and oxygen atoms in total. The molecule has 0 aliphatic heterocycles. The number of para-hydroxylation sites is 1. The molecule has 0 aliphatic carbocycles. The van der Waals surface area contributed by atoms with Crippen LogP contribution in [0.2, 0.25) is 0 Å².